The number of hydrogen-bond acceptors (Lipinski definition) is 6. The number of carbonyl (C=O) groups is 1. The minimum Gasteiger partial charge on any atom is -0.465 e. The highest BCUT2D eigenvalue weighted by atomic mass is 79.9. The second kappa shape index (κ2) is 6.10. The van der Waals surface area contributed by atoms with Gasteiger partial charge in [-0.25, -0.2) is 18.4 Å². The topological polar surface area (TPSA) is 130 Å². The van der Waals surface area contributed by atoms with Gasteiger partial charge < -0.3 is 14.4 Å². The Bertz CT molecular complexity index is 977. The molecular formula is C15H17BrN4O5S. The number of amides is 1. The van der Waals surface area contributed by atoms with Crippen LogP contribution in [0.15, 0.2) is 25.9 Å². The molecule has 3 heterocycles. The highest BCUT2D eigenvalue weighted by molar-refractivity contribution is 9.10. The summed E-state index contributed by atoms with van der Waals surface area (Å²) in [6.07, 6.45) is 1.72. The minimum absolute atomic E-state index is 0.0516. The monoisotopic (exact) mass is 444 g/mol. The molecule has 1 aromatic heterocycles. The standard InChI is InChI=1S/C15H17BrN4O5S/c16-11-4-10(26(17,23)24)5-12-13(11)25-14(18-12)19-6-8-2-1-3-9(7-19)20(8)15(21)22/h4-5,8-9H,1-3,6-7H2,(H,21,22)(H2,17,23,24). The molecule has 2 unspecified atom stereocenters. The Morgan fingerprint density at radius 1 is 1.31 bits per heavy atom. The Morgan fingerprint density at radius 3 is 2.54 bits per heavy atom. The number of benzene rings is 1. The molecule has 2 aliphatic heterocycles. The summed E-state index contributed by atoms with van der Waals surface area (Å²) in [6.45, 7) is 0.991. The van der Waals surface area contributed by atoms with Crippen LogP contribution in [0.4, 0.5) is 10.8 Å². The molecule has 1 amide bonds. The number of piperazine rings is 1. The Hall–Kier alpha value is -1.85. The molecule has 2 fully saturated rings. The third kappa shape index (κ3) is 2.93. The molecule has 3 N–H and O–H groups in total. The zero-order chi connectivity index (χ0) is 18.6. The number of fused-ring (bicyclic) bond motifs is 3. The quantitative estimate of drug-likeness (QED) is 0.723. The first-order chi connectivity index (χ1) is 12.2. The molecule has 0 radical (unpaired) electrons. The molecule has 0 aliphatic carbocycles. The van der Waals surface area contributed by atoms with Gasteiger partial charge in [0.05, 0.1) is 21.5 Å². The summed E-state index contributed by atoms with van der Waals surface area (Å²) < 4.78 is 29.5. The normalized spacial score (nSPS) is 23.5. The lowest BCUT2D eigenvalue weighted by atomic mass is 9.92. The number of rotatable bonds is 2. The van der Waals surface area contributed by atoms with Crippen molar-refractivity contribution in [3.8, 4) is 0 Å². The fraction of sp³-hybridized carbons (Fsp3) is 0.467. The van der Waals surface area contributed by atoms with E-state index in [9.17, 15) is 18.3 Å². The summed E-state index contributed by atoms with van der Waals surface area (Å²) in [5, 5.41) is 14.6. The summed E-state index contributed by atoms with van der Waals surface area (Å²) in [5.41, 5.74) is 0.808. The van der Waals surface area contributed by atoms with Crippen LogP contribution >= 0.6 is 15.9 Å². The van der Waals surface area contributed by atoms with Crippen molar-refractivity contribution in [3.63, 3.8) is 0 Å². The van der Waals surface area contributed by atoms with Gasteiger partial charge in [-0.05, 0) is 47.3 Å². The summed E-state index contributed by atoms with van der Waals surface area (Å²) in [5.74, 6) is 0. The van der Waals surface area contributed by atoms with E-state index in [1.54, 1.807) is 0 Å². The Labute approximate surface area is 157 Å². The molecule has 2 aliphatic rings. The molecule has 140 valence electrons. The van der Waals surface area contributed by atoms with Crippen LogP contribution in [0.2, 0.25) is 0 Å². The number of hydrogen-bond donors (Lipinski definition) is 2. The zero-order valence-corrected chi connectivity index (χ0v) is 16.0. The Balaban J connectivity index is 1.70. The van der Waals surface area contributed by atoms with Crippen LogP contribution < -0.4 is 10.0 Å². The molecular weight excluding hydrogens is 428 g/mol. The van der Waals surface area contributed by atoms with Gasteiger partial charge in [-0.3, -0.25) is 4.90 Å². The number of nitrogens with two attached hydrogens (primary N) is 1. The molecule has 4 rings (SSSR count). The van der Waals surface area contributed by atoms with Crippen molar-refractivity contribution in [3.05, 3.63) is 16.6 Å². The smallest absolute Gasteiger partial charge is 0.407 e. The van der Waals surface area contributed by atoms with Crippen molar-refractivity contribution in [1.82, 2.24) is 9.88 Å². The van der Waals surface area contributed by atoms with E-state index in [2.05, 4.69) is 20.9 Å². The number of oxazole rings is 1. The van der Waals surface area contributed by atoms with Crippen LogP contribution in [-0.4, -0.2) is 54.7 Å². The maximum atomic E-state index is 11.6. The molecule has 11 heteroatoms. The van der Waals surface area contributed by atoms with Crippen LogP contribution in [0, 0.1) is 0 Å². The molecule has 26 heavy (non-hydrogen) atoms. The van der Waals surface area contributed by atoms with Crippen molar-refractivity contribution in [2.45, 2.75) is 36.2 Å². The first-order valence-corrected chi connectivity index (χ1v) is 10.5. The molecule has 2 saturated heterocycles. The lowest BCUT2D eigenvalue weighted by Crippen LogP contribution is -2.62. The summed E-state index contributed by atoms with van der Waals surface area (Å²) in [6, 6.07) is 2.91. The lowest BCUT2D eigenvalue weighted by molar-refractivity contribution is 0.0593. The average molecular weight is 445 g/mol. The van der Waals surface area contributed by atoms with Gasteiger partial charge in [-0.15, -0.1) is 0 Å². The molecule has 0 spiro atoms. The number of aromatic nitrogens is 1. The number of carboxylic acid groups (broad SMARTS) is 1. The highest BCUT2D eigenvalue weighted by Gasteiger charge is 2.41. The van der Waals surface area contributed by atoms with Crippen LogP contribution in [0.3, 0.4) is 0 Å². The van der Waals surface area contributed by atoms with Crippen molar-refractivity contribution in [2.24, 2.45) is 5.14 Å². The number of anilines is 1. The number of piperidine rings is 1. The van der Waals surface area contributed by atoms with Gasteiger partial charge in [0.15, 0.2) is 5.58 Å². The predicted molar refractivity (Wildman–Crippen MR) is 96.6 cm³/mol. The fourth-order valence-electron chi connectivity index (χ4n) is 3.83. The predicted octanol–water partition coefficient (Wildman–Crippen LogP) is 1.96. The SMILES string of the molecule is NS(=O)(=O)c1cc(Br)c2oc(N3CC4CCCC(C3)N4C(=O)O)nc2c1. The van der Waals surface area contributed by atoms with Gasteiger partial charge in [0.1, 0.15) is 5.52 Å². The Kier molecular flexibility index (Phi) is 4.12. The largest absolute Gasteiger partial charge is 0.465 e. The van der Waals surface area contributed by atoms with Gasteiger partial charge in [0.25, 0.3) is 6.01 Å². The number of nitrogens with zero attached hydrogens (tertiary/aromatic N) is 3. The van der Waals surface area contributed by atoms with Gasteiger partial charge in [0, 0.05) is 13.1 Å². The number of sulfonamides is 1. The van der Waals surface area contributed by atoms with Crippen LogP contribution in [0.25, 0.3) is 11.1 Å². The first kappa shape index (κ1) is 17.6. The van der Waals surface area contributed by atoms with Crippen molar-refractivity contribution in [2.75, 3.05) is 18.0 Å². The molecule has 9 nitrogen and oxygen atoms in total. The van der Waals surface area contributed by atoms with Crippen molar-refractivity contribution >= 4 is 49.2 Å². The molecule has 0 saturated carbocycles. The van der Waals surface area contributed by atoms with E-state index in [1.807, 2.05) is 4.90 Å². The van der Waals surface area contributed by atoms with E-state index in [4.69, 9.17) is 9.56 Å². The molecule has 2 aromatic rings. The maximum absolute atomic E-state index is 11.6. The van der Waals surface area contributed by atoms with Crippen LogP contribution in [0.1, 0.15) is 19.3 Å². The van der Waals surface area contributed by atoms with Crippen molar-refractivity contribution < 1.29 is 22.7 Å². The lowest BCUT2D eigenvalue weighted by Gasteiger charge is -2.48. The summed E-state index contributed by atoms with van der Waals surface area (Å²) in [4.78, 5) is 19.3. The van der Waals surface area contributed by atoms with E-state index >= 15 is 0 Å². The molecule has 2 bridgehead atoms. The zero-order valence-electron chi connectivity index (χ0n) is 13.6. The van der Waals surface area contributed by atoms with E-state index in [1.165, 1.54) is 17.0 Å². The maximum Gasteiger partial charge on any atom is 0.407 e. The fourth-order valence-corrected chi connectivity index (χ4v) is 5.07. The number of primary sulfonamides is 1. The van der Waals surface area contributed by atoms with E-state index in [0.29, 0.717) is 34.7 Å². The van der Waals surface area contributed by atoms with Gasteiger partial charge >= 0.3 is 6.09 Å². The first-order valence-electron chi connectivity index (χ1n) is 8.13. The third-order valence-corrected chi connectivity index (χ3v) is 6.43. The minimum atomic E-state index is -3.86. The van der Waals surface area contributed by atoms with E-state index < -0.39 is 16.1 Å². The van der Waals surface area contributed by atoms with Gasteiger partial charge in [0.2, 0.25) is 10.0 Å². The van der Waals surface area contributed by atoms with Crippen LogP contribution in [-0.2, 0) is 10.0 Å². The summed E-state index contributed by atoms with van der Waals surface area (Å²) >= 11 is 3.30. The molecule has 1 aromatic carbocycles. The second-order valence-electron chi connectivity index (χ2n) is 6.63. The molecule has 2 atom stereocenters. The highest BCUT2D eigenvalue weighted by Crippen LogP contribution is 2.35. The van der Waals surface area contributed by atoms with E-state index in [-0.39, 0.29) is 17.0 Å². The Morgan fingerprint density at radius 2 is 1.96 bits per heavy atom. The van der Waals surface area contributed by atoms with Gasteiger partial charge in [-0.2, -0.15) is 4.98 Å². The van der Waals surface area contributed by atoms with E-state index in [0.717, 1.165) is 19.3 Å². The number of halogens is 1. The average Bonchev–Trinajstić information content (AvgIpc) is 2.97. The van der Waals surface area contributed by atoms with Crippen LogP contribution in [0.5, 0.6) is 0 Å². The van der Waals surface area contributed by atoms with Gasteiger partial charge in [-0.1, -0.05) is 0 Å². The third-order valence-electron chi connectivity index (χ3n) is 4.95. The second-order valence-corrected chi connectivity index (χ2v) is 9.04. The summed E-state index contributed by atoms with van der Waals surface area (Å²) in [7, 11) is -3.86. The van der Waals surface area contributed by atoms with Crippen molar-refractivity contribution in [1.29, 1.82) is 0 Å².